The Morgan fingerprint density at radius 2 is 1.80 bits per heavy atom. The molecule has 0 aliphatic rings. The van der Waals surface area contributed by atoms with E-state index in [1.54, 1.807) is 6.92 Å². The van der Waals surface area contributed by atoms with Crippen molar-refractivity contribution in [3.05, 3.63) is 23.8 Å². The van der Waals surface area contributed by atoms with E-state index in [0.717, 1.165) is 5.56 Å². The molecule has 0 aliphatic heterocycles. The van der Waals surface area contributed by atoms with E-state index in [2.05, 4.69) is 5.32 Å². The van der Waals surface area contributed by atoms with Gasteiger partial charge in [0, 0.05) is 0 Å². The third-order valence-electron chi connectivity index (χ3n) is 2.84. The molecule has 112 valence electrons. The van der Waals surface area contributed by atoms with Crippen LogP contribution in [-0.4, -0.2) is 25.2 Å². The molecule has 0 saturated heterocycles. The van der Waals surface area contributed by atoms with Crippen LogP contribution in [0.1, 0.15) is 39.3 Å². The first-order chi connectivity index (χ1) is 9.49. The third-order valence-corrected chi connectivity index (χ3v) is 2.84. The Balaban J connectivity index is 2.89. The zero-order valence-electron chi connectivity index (χ0n) is 12.6. The number of amides is 1. The number of carbonyl (C=O) groups excluding carboxylic acids is 1. The molecule has 1 amide bonds. The van der Waals surface area contributed by atoms with E-state index in [1.807, 2.05) is 39.0 Å². The molecule has 3 N–H and O–H groups in total. The normalized spacial score (nSPS) is 13.4. The van der Waals surface area contributed by atoms with E-state index in [1.165, 1.54) is 0 Å². The summed E-state index contributed by atoms with van der Waals surface area (Å²) in [5.74, 6) is 1.22. The van der Waals surface area contributed by atoms with E-state index >= 15 is 0 Å². The van der Waals surface area contributed by atoms with Crippen LogP contribution in [0.25, 0.3) is 0 Å². The number of carbonyl (C=O) groups is 1. The monoisotopic (exact) mass is 280 g/mol. The molecule has 0 fully saturated rings. The Bertz CT molecular complexity index is 447. The van der Waals surface area contributed by atoms with Crippen LogP contribution in [0.15, 0.2) is 18.2 Å². The Morgan fingerprint density at radius 3 is 2.35 bits per heavy atom. The summed E-state index contributed by atoms with van der Waals surface area (Å²) < 4.78 is 11.1. The summed E-state index contributed by atoms with van der Waals surface area (Å²) in [5, 5.41) is 2.86. The molecule has 0 saturated carbocycles. The average Bonchev–Trinajstić information content (AvgIpc) is 2.41. The van der Waals surface area contributed by atoms with Crippen LogP contribution in [0, 0.1) is 0 Å². The fourth-order valence-corrected chi connectivity index (χ4v) is 1.77. The molecule has 5 nitrogen and oxygen atoms in total. The van der Waals surface area contributed by atoms with Crippen molar-refractivity contribution >= 4 is 5.91 Å². The van der Waals surface area contributed by atoms with E-state index in [9.17, 15) is 4.79 Å². The zero-order chi connectivity index (χ0) is 15.1. The van der Waals surface area contributed by atoms with Gasteiger partial charge in [-0.25, -0.2) is 0 Å². The van der Waals surface area contributed by atoms with Crippen molar-refractivity contribution in [1.29, 1.82) is 0 Å². The maximum atomic E-state index is 11.6. The molecular weight excluding hydrogens is 256 g/mol. The van der Waals surface area contributed by atoms with E-state index in [4.69, 9.17) is 15.2 Å². The highest BCUT2D eigenvalue weighted by molar-refractivity contribution is 5.81. The van der Waals surface area contributed by atoms with Crippen LogP contribution in [0.5, 0.6) is 11.5 Å². The van der Waals surface area contributed by atoms with Gasteiger partial charge in [0.2, 0.25) is 5.91 Å². The summed E-state index contributed by atoms with van der Waals surface area (Å²) in [6, 6.07) is 5.01. The molecule has 0 bridgehead atoms. The maximum absolute atomic E-state index is 11.6. The van der Waals surface area contributed by atoms with Crippen LogP contribution < -0.4 is 20.5 Å². The SMILES string of the molecule is CCOc1ccc(C(C)NC(=O)C(C)N)cc1OCC. The molecule has 1 aromatic rings. The van der Waals surface area contributed by atoms with Gasteiger partial charge in [0.15, 0.2) is 11.5 Å². The van der Waals surface area contributed by atoms with Crippen LogP contribution in [0.4, 0.5) is 0 Å². The summed E-state index contributed by atoms with van der Waals surface area (Å²) in [5.41, 5.74) is 6.50. The van der Waals surface area contributed by atoms with Crippen molar-refractivity contribution in [2.24, 2.45) is 5.73 Å². The smallest absolute Gasteiger partial charge is 0.237 e. The molecule has 2 unspecified atom stereocenters. The van der Waals surface area contributed by atoms with Crippen LogP contribution in [0.2, 0.25) is 0 Å². The number of nitrogens with two attached hydrogens (primary N) is 1. The second-order valence-corrected chi connectivity index (χ2v) is 4.59. The van der Waals surface area contributed by atoms with Crippen molar-refractivity contribution in [2.75, 3.05) is 13.2 Å². The van der Waals surface area contributed by atoms with Gasteiger partial charge in [-0.15, -0.1) is 0 Å². The first-order valence-corrected chi connectivity index (χ1v) is 6.95. The van der Waals surface area contributed by atoms with Gasteiger partial charge in [-0.1, -0.05) is 6.07 Å². The van der Waals surface area contributed by atoms with Crippen molar-refractivity contribution in [3.63, 3.8) is 0 Å². The summed E-state index contributed by atoms with van der Waals surface area (Å²) in [6.45, 7) is 8.55. The summed E-state index contributed by atoms with van der Waals surface area (Å²) in [7, 11) is 0. The number of hydrogen-bond acceptors (Lipinski definition) is 4. The van der Waals surface area contributed by atoms with Crippen molar-refractivity contribution in [2.45, 2.75) is 39.8 Å². The molecule has 5 heteroatoms. The molecule has 0 radical (unpaired) electrons. The molecular formula is C15H24N2O3. The van der Waals surface area contributed by atoms with Gasteiger partial charge in [-0.05, 0) is 45.4 Å². The van der Waals surface area contributed by atoms with Crippen molar-refractivity contribution < 1.29 is 14.3 Å². The standard InChI is InChI=1S/C15H24N2O3/c1-5-19-13-8-7-12(9-14(13)20-6-2)11(4)17-15(18)10(3)16/h7-11H,5-6,16H2,1-4H3,(H,17,18). The molecule has 1 rings (SSSR count). The first kappa shape index (κ1) is 16.3. The first-order valence-electron chi connectivity index (χ1n) is 6.95. The minimum Gasteiger partial charge on any atom is -0.490 e. The van der Waals surface area contributed by atoms with Crippen LogP contribution in [0.3, 0.4) is 0 Å². The molecule has 1 aromatic carbocycles. The maximum Gasteiger partial charge on any atom is 0.237 e. The Labute approximate surface area is 120 Å². The quantitative estimate of drug-likeness (QED) is 0.801. The van der Waals surface area contributed by atoms with Gasteiger partial charge < -0.3 is 20.5 Å². The van der Waals surface area contributed by atoms with E-state index < -0.39 is 6.04 Å². The lowest BCUT2D eigenvalue weighted by molar-refractivity contribution is -0.122. The predicted octanol–water partition coefficient (Wildman–Crippen LogP) is 2.01. The molecule has 0 spiro atoms. The summed E-state index contributed by atoms with van der Waals surface area (Å²) in [4.78, 5) is 11.6. The second-order valence-electron chi connectivity index (χ2n) is 4.59. The Kier molecular flexibility index (Phi) is 6.31. The topological polar surface area (TPSA) is 73.6 Å². The summed E-state index contributed by atoms with van der Waals surface area (Å²) in [6.07, 6.45) is 0. The number of nitrogens with one attached hydrogen (secondary N) is 1. The third kappa shape index (κ3) is 4.42. The van der Waals surface area contributed by atoms with Gasteiger partial charge in [-0.3, -0.25) is 4.79 Å². The predicted molar refractivity (Wildman–Crippen MR) is 79.0 cm³/mol. The van der Waals surface area contributed by atoms with E-state index in [-0.39, 0.29) is 11.9 Å². The van der Waals surface area contributed by atoms with Gasteiger partial charge >= 0.3 is 0 Å². The molecule has 2 atom stereocenters. The number of benzene rings is 1. The second kappa shape index (κ2) is 7.75. The highest BCUT2D eigenvalue weighted by atomic mass is 16.5. The minimum absolute atomic E-state index is 0.136. The number of hydrogen-bond donors (Lipinski definition) is 2. The van der Waals surface area contributed by atoms with Gasteiger partial charge in [0.1, 0.15) is 0 Å². The summed E-state index contributed by atoms with van der Waals surface area (Å²) >= 11 is 0. The largest absolute Gasteiger partial charge is 0.490 e. The van der Waals surface area contributed by atoms with E-state index in [0.29, 0.717) is 24.7 Å². The van der Waals surface area contributed by atoms with Crippen LogP contribution >= 0.6 is 0 Å². The lowest BCUT2D eigenvalue weighted by atomic mass is 10.1. The fraction of sp³-hybridized carbons (Fsp3) is 0.533. The average molecular weight is 280 g/mol. The van der Waals surface area contributed by atoms with Gasteiger partial charge in [0.25, 0.3) is 0 Å². The molecule has 0 heterocycles. The fourth-order valence-electron chi connectivity index (χ4n) is 1.77. The molecule has 0 aliphatic carbocycles. The molecule has 20 heavy (non-hydrogen) atoms. The highest BCUT2D eigenvalue weighted by Crippen LogP contribution is 2.30. The Morgan fingerprint density at radius 1 is 1.20 bits per heavy atom. The van der Waals surface area contributed by atoms with Crippen molar-refractivity contribution in [1.82, 2.24) is 5.32 Å². The van der Waals surface area contributed by atoms with Gasteiger partial charge in [-0.2, -0.15) is 0 Å². The minimum atomic E-state index is -0.522. The zero-order valence-corrected chi connectivity index (χ0v) is 12.6. The molecule has 0 aromatic heterocycles. The number of rotatable bonds is 7. The lowest BCUT2D eigenvalue weighted by Gasteiger charge is -2.18. The number of ether oxygens (including phenoxy) is 2. The van der Waals surface area contributed by atoms with Crippen LogP contribution in [-0.2, 0) is 4.79 Å². The highest BCUT2D eigenvalue weighted by Gasteiger charge is 2.15. The lowest BCUT2D eigenvalue weighted by Crippen LogP contribution is -2.39. The Hall–Kier alpha value is -1.75. The van der Waals surface area contributed by atoms with Crippen molar-refractivity contribution in [3.8, 4) is 11.5 Å². The van der Waals surface area contributed by atoms with Gasteiger partial charge in [0.05, 0.1) is 25.3 Å².